The summed E-state index contributed by atoms with van der Waals surface area (Å²) in [6, 6.07) is 4.82. The number of anilines is 1. The molecule has 10 heteroatoms. The molecule has 3 heterocycles. The fraction of sp³-hybridized carbons (Fsp3) is 0.350. The van der Waals surface area contributed by atoms with E-state index in [0.717, 1.165) is 10.4 Å². The minimum Gasteiger partial charge on any atom is -0.478 e. The Morgan fingerprint density at radius 2 is 2.10 bits per heavy atom. The number of nitriles is 1. The summed E-state index contributed by atoms with van der Waals surface area (Å²) in [5, 5.41) is 21.8. The summed E-state index contributed by atoms with van der Waals surface area (Å²) < 4.78 is 5.41. The number of carboxylic acid groups (broad SMARTS) is 1. The van der Waals surface area contributed by atoms with Crippen molar-refractivity contribution in [2.24, 2.45) is 0 Å². The second-order valence-corrected chi connectivity index (χ2v) is 8.74. The van der Waals surface area contributed by atoms with Crippen molar-refractivity contribution >= 4 is 34.3 Å². The first-order chi connectivity index (χ1) is 14.1. The lowest BCUT2D eigenvalue weighted by Crippen LogP contribution is -2.39. The number of hydrogen-bond donors (Lipinski definition) is 2. The number of thiophene rings is 1. The molecule has 2 N–H and O–H groups in total. The zero-order chi connectivity index (χ0) is 22.1. The number of carbonyl (C=O) groups excluding carboxylic acids is 2. The van der Waals surface area contributed by atoms with Crippen molar-refractivity contribution in [1.82, 2.24) is 9.88 Å². The lowest BCUT2D eigenvalue weighted by atomic mass is 10.0. The highest BCUT2D eigenvalue weighted by atomic mass is 32.1. The fourth-order valence-electron chi connectivity index (χ4n) is 3.01. The fourth-order valence-corrected chi connectivity index (χ4v) is 4.22. The highest BCUT2D eigenvalue weighted by molar-refractivity contribution is 7.16. The number of rotatable bonds is 3. The van der Waals surface area contributed by atoms with Crippen LogP contribution in [0.4, 0.5) is 9.80 Å². The van der Waals surface area contributed by atoms with Crippen LogP contribution in [0.2, 0.25) is 0 Å². The molecule has 0 aromatic carbocycles. The maximum atomic E-state index is 12.6. The molecule has 0 fully saturated rings. The maximum absolute atomic E-state index is 12.6. The van der Waals surface area contributed by atoms with E-state index in [1.165, 1.54) is 29.7 Å². The Bertz CT molecular complexity index is 1060. The van der Waals surface area contributed by atoms with Gasteiger partial charge in [0.05, 0.1) is 17.7 Å². The van der Waals surface area contributed by atoms with Crippen LogP contribution in [0.3, 0.4) is 0 Å². The monoisotopic (exact) mass is 428 g/mol. The number of nitrogens with zero attached hydrogens (tertiary/aromatic N) is 3. The predicted octanol–water partition coefficient (Wildman–Crippen LogP) is 3.26. The molecule has 0 saturated carbocycles. The number of fused-ring (bicyclic) bond motifs is 1. The third-order valence-electron chi connectivity index (χ3n) is 4.30. The largest absolute Gasteiger partial charge is 0.478 e. The van der Waals surface area contributed by atoms with Crippen LogP contribution in [0.25, 0.3) is 0 Å². The van der Waals surface area contributed by atoms with Crippen LogP contribution in [-0.2, 0) is 17.7 Å². The second kappa shape index (κ2) is 8.12. The molecule has 30 heavy (non-hydrogen) atoms. The number of amides is 2. The van der Waals surface area contributed by atoms with Gasteiger partial charge in [-0.15, -0.1) is 11.3 Å². The Hall–Kier alpha value is -3.45. The number of carboxylic acids is 1. The zero-order valence-corrected chi connectivity index (χ0v) is 17.5. The molecule has 0 radical (unpaired) electrons. The Balaban J connectivity index is 1.84. The second-order valence-electron chi connectivity index (χ2n) is 7.63. The lowest BCUT2D eigenvalue weighted by molar-refractivity contribution is 0.0226. The molecule has 0 saturated heterocycles. The molecule has 1 aliphatic rings. The van der Waals surface area contributed by atoms with E-state index in [0.29, 0.717) is 23.5 Å². The highest BCUT2D eigenvalue weighted by Crippen LogP contribution is 2.37. The number of aromatic carboxylic acids is 1. The van der Waals surface area contributed by atoms with Gasteiger partial charge < -0.3 is 20.1 Å². The normalized spacial score (nSPS) is 13.2. The van der Waals surface area contributed by atoms with Crippen LogP contribution >= 0.6 is 11.3 Å². The number of aromatic nitrogens is 1. The first-order valence-electron chi connectivity index (χ1n) is 9.13. The van der Waals surface area contributed by atoms with E-state index in [-0.39, 0.29) is 17.8 Å². The molecular weight excluding hydrogens is 408 g/mol. The molecular formula is C20H20N4O5S. The summed E-state index contributed by atoms with van der Waals surface area (Å²) >= 11 is 1.18. The Kier molecular flexibility index (Phi) is 5.75. The molecule has 0 aliphatic carbocycles. The quantitative estimate of drug-likeness (QED) is 0.766. The van der Waals surface area contributed by atoms with E-state index in [1.54, 1.807) is 25.7 Å². The summed E-state index contributed by atoms with van der Waals surface area (Å²) in [7, 11) is 0. The molecule has 0 spiro atoms. The van der Waals surface area contributed by atoms with E-state index in [2.05, 4.69) is 16.4 Å². The van der Waals surface area contributed by atoms with E-state index in [4.69, 9.17) is 4.74 Å². The van der Waals surface area contributed by atoms with Crippen molar-refractivity contribution in [3.8, 4) is 6.07 Å². The summed E-state index contributed by atoms with van der Waals surface area (Å²) in [4.78, 5) is 42.5. The molecule has 0 atom stereocenters. The van der Waals surface area contributed by atoms with Gasteiger partial charge in [0.1, 0.15) is 22.4 Å². The Morgan fingerprint density at radius 1 is 1.37 bits per heavy atom. The van der Waals surface area contributed by atoms with Gasteiger partial charge in [0.15, 0.2) is 0 Å². The molecule has 2 aromatic heterocycles. The van der Waals surface area contributed by atoms with Gasteiger partial charge in [-0.3, -0.25) is 9.78 Å². The number of hydrogen-bond acceptors (Lipinski definition) is 7. The van der Waals surface area contributed by atoms with Crippen molar-refractivity contribution in [2.45, 2.75) is 39.3 Å². The first kappa shape index (κ1) is 21.3. The number of carbonyl (C=O) groups is 3. The van der Waals surface area contributed by atoms with E-state index < -0.39 is 23.6 Å². The summed E-state index contributed by atoms with van der Waals surface area (Å²) in [6.45, 7) is 6.02. The van der Waals surface area contributed by atoms with Crippen LogP contribution < -0.4 is 5.32 Å². The predicted molar refractivity (Wildman–Crippen MR) is 109 cm³/mol. The van der Waals surface area contributed by atoms with Crippen LogP contribution in [0, 0.1) is 11.3 Å². The summed E-state index contributed by atoms with van der Waals surface area (Å²) in [5.41, 5.74) is 0.00698. The highest BCUT2D eigenvalue weighted by Gasteiger charge is 2.30. The summed E-state index contributed by atoms with van der Waals surface area (Å²) in [6.07, 6.45) is 1.34. The maximum Gasteiger partial charge on any atom is 0.410 e. The van der Waals surface area contributed by atoms with Gasteiger partial charge in [0, 0.05) is 17.6 Å². The molecule has 1 aliphatic heterocycles. The number of pyridine rings is 1. The smallest absolute Gasteiger partial charge is 0.410 e. The molecule has 9 nitrogen and oxygen atoms in total. The van der Waals surface area contributed by atoms with Crippen molar-refractivity contribution in [2.75, 3.05) is 11.9 Å². The third kappa shape index (κ3) is 4.41. The molecule has 0 bridgehead atoms. The van der Waals surface area contributed by atoms with Gasteiger partial charge in [0.2, 0.25) is 0 Å². The SMILES string of the molecule is CC(C)(C)OC(=O)N1CCc2c(sc(NC(=O)c3ncccc3C(=O)O)c2C#N)C1. The van der Waals surface area contributed by atoms with Gasteiger partial charge in [-0.05, 0) is 44.9 Å². The zero-order valence-electron chi connectivity index (χ0n) is 16.7. The standard InChI is InChI=1S/C20H20N4O5S/c1-20(2,3)29-19(28)24-8-6-11-13(9-21)17(30-14(11)10-24)23-16(25)15-12(18(26)27)5-4-7-22-15/h4-5,7H,6,8,10H2,1-3H3,(H,23,25)(H,26,27). The van der Waals surface area contributed by atoms with Crippen LogP contribution in [0.5, 0.6) is 0 Å². The molecule has 156 valence electrons. The van der Waals surface area contributed by atoms with Crippen molar-refractivity contribution < 1.29 is 24.2 Å². The average Bonchev–Trinajstić information content (AvgIpc) is 3.02. The van der Waals surface area contributed by atoms with Crippen molar-refractivity contribution in [3.05, 3.63) is 45.6 Å². The first-order valence-corrected chi connectivity index (χ1v) is 9.94. The molecule has 2 aromatic rings. The van der Waals surface area contributed by atoms with Crippen LogP contribution in [0.15, 0.2) is 18.3 Å². The summed E-state index contributed by atoms with van der Waals surface area (Å²) in [5.74, 6) is -1.99. The van der Waals surface area contributed by atoms with Crippen molar-refractivity contribution in [3.63, 3.8) is 0 Å². The minimum absolute atomic E-state index is 0.231. The topological polar surface area (TPSA) is 133 Å². The van der Waals surface area contributed by atoms with Crippen LogP contribution in [-0.4, -0.2) is 45.1 Å². The van der Waals surface area contributed by atoms with E-state index in [9.17, 15) is 24.8 Å². The third-order valence-corrected chi connectivity index (χ3v) is 5.43. The lowest BCUT2D eigenvalue weighted by Gasteiger charge is -2.29. The Morgan fingerprint density at radius 3 is 2.73 bits per heavy atom. The molecule has 3 rings (SSSR count). The van der Waals surface area contributed by atoms with E-state index >= 15 is 0 Å². The minimum atomic E-state index is -1.27. The van der Waals surface area contributed by atoms with Gasteiger partial charge in [-0.2, -0.15) is 5.26 Å². The van der Waals surface area contributed by atoms with Gasteiger partial charge in [0.25, 0.3) is 5.91 Å². The van der Waals surface area contributed by atoms with Crippen LogP contribution in [0.1, 0.15) is 57.6 Å². The average molecular weight is 428 g/mol. The van der Waals surface area contributed by atoms with E-state index in [1.807, 2.05) is 0 Å². The Labute approximate surface area is 176 Å². The van der Waals surface area contributed by atoms with Gasteiger partial charge in [-0.1, -0.05) is 0 Å². The number of ether oxygens (including phenoxy) is 1. The van der Waals surface area contributed by atoms with Gasteiger partial charge >= 0.3 is 12.1 Å². The van der Waals surface area contributed by atoms with Crippen molar-refractivity contribution in [1.29, 1.82) is 5.26 Å². The molecule has 0 unspecified atom stereocenters. The molecule has 2 amide bonds. The van der Waals surface area contributed by atoms with Gasteiger partial charge in [-0.25, -0.2) is 9.59 Å². The number of nitrogens with one attached hydrogen (secondary N) is 1.